The van der Waals surface area contributed by atoms with Crippen LogP contribution in [0.5, 0.6) is 0 Å². The van der Waals surface area contributed by atoms with Gasteiger partial charge in [0.25, 0.3) is 0 Å². The predicted octanol–water partition coefficient (Wildman–Crippen LogP) is 0.935. The third-order valence-electron chi connectivity index (χ3n) is 1.91. The largest absolute Gasteiger partial charge is 0.390 e. The summed E-state index contributed by atoms with van der Waals surface area (Å²) in [5, 5.41) is 9.17. The topological polar surface area (TPSA) is 29.5 Å². The lowest BCUT2D eigenvalue weighted by Gasteiger charge is -2.06. The quantitative estimate of drug-likeness (QED) is 0.572. The first-order valence-electron chi connectivity index (χ1n) is 3.57. The SMILES string of the molecule is CC[C@@H]1CC(O)[C@H](C)O1. The van der Waals surface area contributed by atoms with Crippen LogP contribution in [0.4, 0.5) is 0 Å². The van der Waals surface area contributed by atoms with Gasteiger partial charge >= 0.3 is 0 Å². The zero-order valence-electron chi connectivity index (χ0n) is 6.00. The van der Waals surface area contributed by atoms with Crippen LogP contribution in [0.25, 0.3) is 0 Å². The van der Waals surface area contributed by atoms with Crippen molar-refractivity contribution < 1.29 is 9.84 Å². The molecule has 1 saturated heterocycles. The molecule has 1 aliphatic rings. The first-order valence-corrected chi connectivity index (χ1v) is 3.57. The molecule has 0 radical (unpaired) electrons. The van der Waals surface area contributed by atoms with E-state index in [1.54, 1.807) is 0 Å². The average molecular weight is 130 g/mol. The predicted molar refractivity (Wildman–Crippen MR) is 35.2 cm³/mol. The minimum Gasteiger partial charge on any atom is -0.390 e. The maximum absolute atomic E-state index is 9.17. The molecule has 0 aliphatic carbocycles. The molecule has 1 fully saturated rings. The third-order valence-corrected chi connectivity index (χ3v) is 1.91. The standard InChI is InChI=1S/C7H14O2/c1-3-6-4-7(8)5(2)9-6/h5-8H,3-4H2,1-2H3/t5-,6+,7?/m0/s1. The van der Waals surface area contributed by atoms with E-state index in [0.717, 1.165) is 12.8 Å². The van der Waals surface area contributed by atoms with Gasteiger partial charge in [-0.05, 0) is 13.3 Å². The number of aliphatic hydroxyl groups is 1. The maximum atomic E-state index is 9.17. The molecule has 0 bridgehead atoms. The van der Waals surface area contributed by atoms with E-state index < -0.39 is 0 Å². The van der Waals surface area contributed by atoms with Crippen LogP contribution < -0.4 is 0 Å². The Bertz CT molecular complexity index is 82.9. The molecule has 2 heteroatoms. The molecule has 54 valence electrons. The summed E-state index contributed by atoms with van der Waals surface area (Å²) in [6.45, 7) is 4.00. The van der Waals surface area contributed by atoms with Gasteiger partial charge in [-0.15, -0.1) is 0 Å². The van der Waals surface area contributed by atoms with Crippen LogP contribution in [0.2, 0.25) is 0 Å². The van der Waals surface area contributed by atoms with Crippen molar-refractivity contribution in [3.63, 3.8) is 0 Å². The van der Waals surface area contributed by atoms with E-state index in [1.165, 1.54) is 0 Å². The zero-order valence-corrected chi connectivity index (χ0v) is 6.00. The highest BCUT2D eigenvalue weighted by Gasteiger charge is 2.28. The molecule has 1 rings (SSSR count). The van der Waals surface area contributed by atoms with Crippen LogP contribution in [0.3, 0.4) is 0 Å². The molecule has 1 aliphatic heterocycles. The fourth-order valence-corrected chi connectivity index (χ4v) is 1.17. The van der Waals surface area contributed by atoms with E-state index >= 15 is 0 Å². The molecule has 2 nitrogen and oxygen atoms in total. The number of rotatable bonds is 1. The second-order valence-electron chi connectivity index (χ2n) is 2.67. The molecule has 3 atom stereocenters. The van der Waals surface area contributed by atoms with Gasteiger partial charge in [0, 0.05) is 6.42 Å². The summed E-state index contributed by atoms with van der Waals surface area (Å²) in [5.74, 6) is 0. The van der Waals surface area contributed by atoms with Crippen molar-refractivity contribution in [2.75, 3.05) is 0 Å². The summed E-state index contributed by atoms with van der Waals surface area (Å²) in [5.41, 5.74) is 0. The average Bonchev–Trinajstić information content (AvgIpc) is 2.13. The molecule has 0 aromatic heterocycles. The van der Waals surface area contributed by atoms with Crippen molar-refractivity contribution >= 4 is 0 Å². The molecule has 1 unspecified atom stereocenters. The van der Waals surface area contributed by atoms with Crippen molar-refractivity contribution in [2.45, 2.75) is 45.0 Å². The lowest BCUT2D eigenvalue weighted by molar-refractivity contribution is 0.0212. The number of hydrogen-bond acceptors (Lipinski definition) is 2. The highest BCUT2D eigenvalue weighted by Crippen LogP contribution is 2.21. The Hall–Kier alpha value is -0.0800. The van der Waals surface area contributed by atoms with Crippen molar-refractivity contribution in [3.8, 4) is 0 Å². The summed E-state index contributed by atoms with van der Waals surface area (Å²) in [4.78, 5) is 0. The van der Waals surface area contributed by atoms with Gasteiger partial charge in [0.05, 0.1) is 18.3 Å². The van der Waals surface area contributed by atoms with E-state index in [9.17, 15) is 5.11 Å². The van der Waals surface area contributed by atoms with Gasteiger partial charge in [0.2, 0.25) is 0 Å². The molecule has 0 aromatic carbocycles. The fourth-order valence-electron chi connectivity index (χ4n) is 1.17. The minimum atomic E-state index is -0.227. The Balaban J connectivity index is 2.35. The van der Waals surface area contributed by atoms with Crippen molar-refractivity contribution in [2.24, 2.45) is 0 Å². The first-order chi connectivity index (χ1) is 4.24. The Labute approximate surface area is 55.8 Å². The number of hydrogen-bond donors (Lipinski definition) is 1. The van der Waals surface area contributed by atoms with E-state index in [1.807, 2.05) is 6.92 Å². The molecular weight excluding hydrogens is 116 g/mol. The van der Waals surface area contributed by atoms with E-state index in [0.29, 0.717) is 6.10 Å². The summed E-state index contributed by atoms with van der Waals surface area (Å²) < 4.78 is 5.37. The second-order valence-corrected chi connectivity index (χ2v) is 2.67. The fraction of sp³-hybridized carbons (Fsp3) is 1.00. The van der Waals surface area contributed by atoms with Crippen LogP contribution in [0, 0.1) is 0 Å². The molecule has 0 spiro atoms. The number of ether oxygens (including phenoxy) is 1. The van der Waals surface area contributed by atoms with Gasteiger partial charge in [-0.25, -0.2) is 0 Å². The van der Waals surface area contributed by atoms with Crippen molar-refractivity contribution in [1.82, 2.24) is 0 Å². The molecule has 1 heterocycles. The molecular formula is C7H14O2. The van der Waals surface area contributed by atoms with Gasteiger partial charge in [-0.1, -0.05) is 6.92 Å². The van der Waals surface area contributed by atoms with Crippen molar-refractivity contribution in [3.05, 3.63) is 0 Å². The Morgan fingerprint density at radius 2 is 2.33 bits per heavy atom. The molecule has 9 heavy (non-hydrogen) atoms. The lowest BCUT2D eigenvalue weighted by atomic mass is 10.1. The van der Waals surface area contributed by atoms with Gasteiger partial charge in [0.1, 0.15) is 0 Å². The van der Waals surface area contributed by atoms with Gasteiger partial charge in [-0.2, -0.15) is 0 Å². The summed E-state index contributed by atoms with van der Waals surface area (Å²) >= 11 is 0. The Kier molecular flexibility index (Phi) is 2.09. The van der Waals surface area contributed by atoms with Crippen LogP contribution in [-0.4, -0.2) is 23.4 Å². The van der Waals surface area contributed by atoms with E-state index in [4.69, 9.17) is 4.74 Å². The van der Waals surface area contributed by atoms with Gasteiger partial charge in [-0.3, -0.25) is 0 Å². The van der Waals surface area contributed by atoms with E-state index in [-0.39, 0.29) is 12.2 Å². The molecule has 0 aromatic rings. The van der Waals surface area contributed by atoms with Crippen LogP contribution >= 0.6 is 0 Å². The van der Waals surface area contributed by atoms with Crippen LogP contribution in [0.1, 0.15) is 26.7 Å². The van der Waals surface area contributed by atoms with Gasteiger partial charge < -0.3 is 9.84 Å². The lowest BCUT2D eigenvalue weighted by Crippen LogP contribution is -2.15. The van der Waals surface area contributed by atoms with Gasteiger partial charge in [0.15, 0.2) is 0 Å². The monoisotopic (exact) mass is 130 g/mol. The zero-order chi connectivity index (χ0) is 6.85. The van der Waals surface area contributed by atoms with Crippen LogP contribution in [-0.2, 0) is 4.74 Å². The first kappa shape index (κ1) is 7.03. The smallest absolute Gasteiger partial charge is 0.0823 e. The minimum absolute atomic E-state index is 0.0509. The summed E-state index contributed by atoms with van der Waals surface area (Å²) in [6, 6.07) is 0. The highest BCUT2D eigenvalue weighted by molar-refractivity contribution is 4.77. The highest BCUT2D eigenvalue weighted by atomic mass is 16.5. The number of aliphatic hydroxyl groups excluding tert-OH is 1. The molecule has 0 amide bonds. The Morgan fingerprint density at radius 3 is 2.56 bits per heavy atom. The summed E-state index contributed by atoms with van der Waals surface area (Å²) in [7, 11) is 0. The second kappa shape index (κ2) is 2.67. The summed E-state index contributed by atoms with van der Waals surface area (Å²) in [6.07, 6.45) is 1.96. The van der Waals surface area contributed by atoms with E-state index in [2.05, 4.69) is 6.92 Å². The molecule has 1 N–H and O–H groups in total. The normalized spacial score (nSPS) is 43.7. The maximum Gasteiger partial charge on any atom is 0.0823 e. The van der Waals surface area contributed by atoms with Crippen molar-refractivity contribution in [1.29, 1.82) is 0 Å². The Morgan fingerprint density at radius 1 is 1.67 bits per heavy atom. The molecule has 0 saturated carbocycles. The third kappa shape index (κ3) is 1.43. The van der Waals surface area contributed by atoms with Crippen LogP contribution in [0.15, 0.2) is 0 Å².